The zero-order valence-corrected chi connectivity index (χ0v) is 10.2. The van der Waals surface area contributed by atoms with Crippen LogP contribution in [0.25, 0.3) is 0 Å². The maximum absolute atomic E-state index is 11.8. The Kier molecular flexibility index (Phi) is 3.71. The number of Topliss-reactive ketones (excluding diaryl/α,β-unsaturated/α-hetero) is 1. The SMILES string of the molecule is CC(C(=O)CC(C)(C)C)C(C)(C)C. The Morgan fingerprint density at radius 1 is 1.08 bits per heavy atom. The zero-order valence-electron chi connectivity index (χ0n) is 10.2. The lowest BCUT2D eigenvalue weighted by Crippen LogP contribution is -2.28. The van der Waals surface area contributed by atoms with Crippen LogP contribution in [0.5, 0.6) is 0 Å². The van der Waals surface area contributed by atoms with E-state index >= 15 is 0 Å². The summed E-state index contributed by atoms with van der Waals surface area (Å²) in [5.74, 6) is 0.548. The summed E-state index contributed by atoms with van der Waals surface area (Å²) in [5, 5.41) is 0. The summed E-state index contributed by atoms with van der Waals surface area (Å²) in [5.41, 5.74) is 0.221. The number of hydrogen-bond donors (Lipinski definition) is 0. The average Bonchev–Trinajstić information content (AvgIpc) is 1.79. The molecule has 0 aliphatic carbocycles. The van der Waals surface area contributed by atoms with Crippen molar-refractivity contribution in [3.05, 3.63) is 0 Å². The van der Waals surface area contributed by atoms with E-state index in [1.165, 1.54) is 0 Å². The Morgan fingerprint density at radius 2 is 1.46 bits per heavy atom. The van der Waals surface area contributed by atoms with Crippen LogP contribution in [-0.4, -0.2) is 5.78 Å². The highest BCUT2D eigenvalue weighted by Crippen LogP contribution is 2.30. The molecule has 0 bridgehead atoms. The highest BCUT2D eigenvalue weighted by Gasteiger charge is 2.29. The molecule has 0 aliphatic rings. The Hall–Kier alpha value is -0.330. The van der Waals surface area contributed by atoms with Crippen molar-refractivity contribution in [2.24, 2.45) is 16.7 Å². The maximum Gasteiger partial charge on any atom is 0.136 e. The second-order valence-corrected chi connectivity index (χ2v) is 6.29. The second kappa shape index (κ2) is 3.81. The fourth-order valence-corrected chi connectivity index (χ4v) is 1.16. The third-order valence-corrected chi connectivity index (χ3v) is 2.49. The molecule has 0 rings (SSSR count). The second-order valence-electron chi connectivity index (χ2n) is 6.29. The van der Waals surface area contributed by atoms with E-state index in [9.17, 15) is 4.79 Å². The first-order valence-corrected chi connectivity index (χ1v) is 5.07. The van der Waals surface area contributed by atoms with Crippen LogP contribution >= 0.6 is 0 Å². The van der Waals surface area contributed by atoms with Crippen molar-refractivity contribution >= 4 is 5.78 Å². The van der Waals surface area contributed by atoms with E-state index < -0.39 is 0 Å². The molecule has 0 radical (unpaired) electrons. The summed E-state index contributed by atoms with van der Waals surface area (Å²) in [7, 11) is 0. The third kappa shape index (κ3) is 5.07. The highest BCUT2D eigenvalue weighted by molar-refractivity contribution is 5.81. The predicted molar refractivity (Wildman–Crippen MR) is 57.7 cm³/mol. The van der Waals surface area contributed by atoms with E-state index in [0.29, 0.717) is 12.2 Å². The molecule has 0 amide bonds. The Labute approximate surface area is 82.9 Å². The van der Waals surface area contributed by atoms with E-state index in [2.05, 4.69) is 41.5 Å². The average molecular weight is 184 g/mol. The lowest BCUT2D eigenvalue weighted by molar-refractivity contribution is -0.127. The van der Waals surface area contributed by atoms with Gasteiger partial charge in [0.15, 0.2) is 0 Å². The van der Waals surface area contributed by atoms with Gasteiger partial charge in [-0.15, -0.1) is 0 Å². The number of rotatable bonds is 2. The van der Waals surface area contributed by atoms with E-state index in [1.54, 1.807) is 0 Å². The number of carbonyl (C=O) groups is 1. The summed E-state index contributed by atoms with van der Waals surface area (Å²) >= 11 is 0. The molecule has 0 N–H and O–H groups in total. The van der Waals surface area contributed by atoms with Crippen molar-refractivity contribution in [3.63, 3.8) is 0 Å². The van der Waals surface area contributed by atoms with Gasteiger partial charge < -0.3 is 0 Å². The molecule has 0 heterocycles. The fourth-order valence-electron chi connectivity index (χ4n) is 1.16. The minimum absolute atomic E-state index is 0.0995. The molecule has 1 nitrogen and oxygen atoms in total. The fraction of sp³-hybridized carbons (Fsp3) is 0.917. The lowest BCUT2D eigenvalue weighted by Gasteiger charge is -2.28. The van der Waals surface area contributed by atoms with Gasteiger partial charge in [0.05, 0.1) is 0 Å². The van der Waals surface area contributed by atoms with Crippen LogP contribution in [0.3, 0.4) is 0 Å². The molecule has 78 valence electrons. The molecule has 13 heavy (non-hydrogen) atoms. The first kappa shape index (κ1) is 12.7. The van der Waals surface area contributed by atoms with Gasteiger partial charge in [0.1, 0.15) is 5.78 Å². The van der Waals surface area contributed by atoms with Crippen molar-refractivity contribution < 1.29 is 4.79 Å². The highest BCUT2D eigenvalue weighted by atomic mass is 16.1. The van der Waals surface area contributed by atoms with Crippen molar-refractivity contribution in [2.75, 3.05) is 0 Å². The van der Waals surface area contributed by atoms with Gasteiger partial charge in [-0.1, -0.05) is 48.5 Å². The van der Waals surface area contributed by atoms with E-state index in [0.717, 1.165) is 0 Å². The summed E-state index contributed by atoms with van der Waals surface area (Å²) in [6.07, 6.45) is 0.686. The molecule has 0 aromatic carbocycles. The van der Waals surface area contributed by atoms with Gasteiger partial charge in [-0.3, -0.25) is 4.79 Å². The lowest BCUT2D eigenvalue weighted by atomic mass is 9.75. The standard InChI is InChI=1S/C12H24O/c1-9(12(5,6)7)10(13)8-11(2,3)4/h9H,8H2,1-7H3. The van der Waals surface area contributed by atoms with Gasteiger partial charge in [0, 0.05) is 12.3 Å². The first-order valence-electron chi connectivity index (χ1n) is 5.07. The van der Waals surface area contributed by atoms with Crippen LogP contribution in [0.15, 0.2) is 0 Å². The Morgan fingerprint density at radius 3 is 1.69 bits per heavy atom. The summed E-state index contributed by atoms with van der Waals surface area (Å²) in [6, 6.07) is 0. The Balaban J connectivity index is 4.30. The van der Waals surface area contributed by atoms with Crippen LogP contribution in [0.1, 0.15) is 54.9 Å². The van der Waals surface area contributed by atoms with E-state index in [1.807, 2.05) is 6.92 Å². The molecule has 0 aliphatic heterocycles. The van der Waals surface area contributed by atoms with Crippen LogP contribution in [0.2, 0.25) is 0 Å². The van der Waals surface area contributed by atoms with Crippen LogP contribution in [-0.2, 0) is 4.79 Å². The molecular formula is C12H24O. The molecular weight excluding hydrogens is 160 g/mol. The van der Waals surface area contributed by atoms with Crippen molar-refractivity contribution in [3.8, 4) is 0 Å². The molecule has 1 atom stereocenters. The molecule has 0 aromatic rings. The van der Waals surface area contributed by atoms with Crippen molar-refractivity contribution in [2.45, 2.75) is 54.9 Å². The molecule has 1 heteroatoms. The van der Waals surface area contributed by atoms with Gasteiger partial charge in [0.25, 0.3) is 0 Å². The first-order chi connectivity index (χ1) is 5.54. The largest absolute Gasteiger partial charge is 0.299 e. The molecule has 0 spiro atoms. The van der Waals surface area contributed by atoms with Gasteiger partial charge in [-0.2, -0.15) is 0 Å². The van der Waals surface area contributed by atoms with Crippen molar-refractivity contribution in [1.82, 2.24) is 0 Å². The minimum Gasteiger partial charge on any atom is -0.299 e. The predicted octanol–water partition coefficient (Wildman–Crippen LogP) is 3.67. The minimum atomic E-state index is 0.0995. The Bertz CT molecular complexity index is 178. The molecule has 0 fully saturated rings. The topological polar surface area (TPSA) is 17.1 Å². The molecule has 0 aromatic heterocycles. The number of carbonyl (C=O) groups excluding carboxylic acids is 1. The zero-order chi connectivity index (χ0) is 10.9. The summed E-state index contributed by atoms with van der Waals surface area (Å²) in [4.78, 5) is 11.8. The van der Waals surface area contributed by atoms with Gasteiger partial charge in [-0.25, -0.2) is 0 Å². The van der Waals surface area contributed by atoms with E-state index in [4.69, 9.17) is 0 Å². The maximum atomic E-state index is 11.8. The molecule has 0 saturated carbocycles. The third-order valence-electron chi connectivity index (χ3n) is 2.49. The van der Waals surface area contributed by atoms with Crippen LogP contribution in [0, 0.1) is 16.7 Å². The number of ketones is 1. The van der Waals surface area contributed by atoms with Crippen molar-refractivity contribution in [1.29, 1.82) is 0 Å². The quantitative estimate of drug-likeness (QED) is 0.640. The molecule has 1 unspecified atom stereocenters. The number of hydrogen-bond acceptors (Lipinski definition) is 1. The summed E-state index contributed by atoms with van der Waals surface area (Å²) < 4.78 is 0. The summed E-state index contributed by atoms with van der Waals surface area (Å²) in [6.45, 7) is 14.7. The van der Waals surface area contributed by atoms with Gasteiger partial charge in [0.2, 0.25) is 0 Å². The van der Waals surface area contributed by atoms with Gasteiger partial charge in [-0.05, 0) is 10.8 Å². The van der Waals surface area contributed by atoms with Crippen LogP contribution in [0.4, 0.5) is 0 Å². The normalized spacial score (nSPS) is 15.6. The smallest absolute Gasteiger partial charge is 0.136 e. The monoisotopic (exact) mass is 184 g/mol. The van der Waals surface area contributed by atoms with E-state index in [-0.39, 0.29) is 16.7 Å². The van der Waals surface area contributed by atoms with Gasteiger partial charge >= 0.3 is 0 Å². The van der Waals surface area contributed by atoms with Crippen LogP contribution < -0.4 is 0 Å². The molecule has 0 saturated heterocycles.